The van der Waals surface area contributed by atoms with Crippen molar-refractivity contribution in [3.05, 3.63) is 64.6 Å². The molecule has 2 aromatic carbocycles. The maximum Gasteiger partial charge on any atom is 0.317 e. The zero-order chi connectivity index (χ0) is 20.4. The Morgan fingerprint density at radius 1 is 1.00 bits per heavy atom. The number of rotatable bonds is 5. The van der Waals surface area contributed by atoms with Crippen LogP contribution in [0.4, 0.5) is 4.79 Å². The Morgan fingerprint density at radius 3 is 2.31 bits per heavy atom. The second kappa shape index (κ2) is 8.45. The van der Waals surface area contributed by atoms with Crippen molar-refractivity contribution in [2.45, 2.75) is 23.8 Å². The number of piperazine rings is 1. The van der Waals surface area contributed by atoms with Crippen LogP contribution in [-0.4, -0.2) is 49.8 Å². The molecule has 0 bridgehead atoms. The van der Waals surface area contributed by atoms with E-state index < -0.39 is 10.0 Å². The quantitative estimate of drug-likeness (QED) is 0.714. The molecule has 1 N–H and O–H groups in total. The highest BCUT2D eigenvalue weighted by Gasteiger charge is 2.35. The average Bonchev–Trinajstić information content (AvgIpc) is 3.58. The van der Waals surface area contributed by atoms with E-state index in [0.717, 1.165) is 22.9 Å². The van der Waals surface area contributed by atoms with E-state index in [9.17, 15) is 13.2 Å². The van der Waals surface area contributed by atoms with Crippen molar-refractivity contribution in [1.82, 2.24) is 14.5 Å². The van der Waals surface area contributed by atoms with Gasteiger partial charge in [-0.3, -0.25) is 0 Å². The summed E-state index contributed by atoms with van der Waals surface area (Å²) in [7, 11) is -3.56. The molecule has 2 amide bonds. The molecule has 1 atom stereocenters. The number of nitrogens with one attached hydrogen (secondary N) is 1. The third kappa shape index (κ3) is 4.65. The molecular formula is C21H24BrN3O3S. The van der Waals surface area contributed by atoms with Crippen molar-refractivity contribution in [1.29, 1.82) is 0 Å². The number of amides is 2. The minimum atomic E-state index is -3.56. The summed E-state index contributed by atoms with van der Waals surface area (Å²) >= 11 is 3.32. The number of nitrogens with zero attached hydrogens (tertiary/aromatic N) is 2. The van der Waals surface area contributed by atoms with Gasteiger partial charge in [-0.05, 0) is 42.5 Å². The lowest BCUT2D eigenvalue weighted by Gasteiger charge is -2.35. The summed E-state index contributed by atoms with van der Waals surface area (Å²) in [6, 6.07) is 16.7. The second-order valence-electron chi connectivity index (χ2n) is 7.52. The van der Waals surface area contributed by atoms with Gasteiger partial charge in [0.25, 0.3) is 0 Å². The van der Waals surface area contributed by atoms with Crippen LogP contribution in [0.3, 0.4) is 0 Å². The van der Waals surface area contributed by atoms with Crippen LogP contribution in [0.15, 0.2) is 64.0 Å². The SMILES string of the molecule is O=C(N[C@H](c1ccccc1)C1CC1)N1CCN(S(=O)(=O)c2cccc(Br)c2)CC1. The third-order valence-electron chi connectivity index (χ3n) is 5.49. The van der Waals surface area contributed by atoms with Crippen LogP contribution in [0.1, 0.15) is 24.4 Å². The highest BCUT2D eigenvalue weighted by atomic mass is 79.9. The van der Waals surface area contributed by atoms with Crippen molar-refractivity contribution in [3.63, 3.8) is 0 Å². The first-order valence-corrected chi connectivity index (χ1v) is 12.0. The molecule has 29 heavy (non-hydrogen) atoms. The highest BCUT2D eigenvalue weighted by molar-refractivity contribution is 9.10. The lowest BCUT2D eigenvalue weighted by Crippen LogP contribution is -2.53. The Balaban J connectivity index is 1.38. The molecule has 1 heterocycles. The van der Waals surface area contributed by atoms with E-state index in [1.54, 1.807) is 29.2 Å². The van der Waals surface area contributed by atoms with E-state index in [1.165, 1.54) is 4.31 Å². The third-order valence-corrected chi connectivity index (χ3v) is 7.88. The van der Waals surface area contributed by atoms with E-state index in [-0.39, 0.29) is 17.0 Å². The number of hydrogen-bond acceptors (Lipinski definition) is 3. The first-order valence-electron chi connectivity index (χ1n) is 9.81. The molecule has 4 rings (SSSR count). The first-order chi connectivity index (χ1) is 13.9. The number of sulfonamides is 1. The molecule has 2 aliphatic rings. The molecule has 0 unspecified atom stereocenters. The molecule has 1 saturated carbocycles. The monoisotopic (exact) mass is 477 g/mol. The molecule has 0 radical (unpaired) electrons. The molecule has 0 spiro atoms. The Hall–Kier alpha value is -1.90. The summed E-state index contributed by atoms with van der Waals surface area (Å²) in [5.74, 6) is 0.486. The van der Waals surface area contributed by atoms with Crippen molar-refractivity contribution in [3.8, 4) is 0 Å². The highest BCUT2D eigenvalue weighted by Crippen LogP contribution is 2.41. The lowest BCUT2D eigenvalue weighted by atomic mass is 10.0. The molecule has 0 aromatic heterocycles. The van der Waals surface area contributed by atoms with Gasteiger partial charge in [0.1, 0.15) is 0 Å². The van der Waals surface area contributed by atoms with E-state index in [0.29, 0.717) is 32.1 Å². The zero-order valence-electron chi connectivity index (χ0n) is 16.0. The van der Waals surface area contributed by atoms with Gasteiger partial charge < -0.3 is 10.2 Å². The van der Waals surface area contributed by atoms with Crippen molar-refractivity contribution in [2.24, 2.45) is 5.92 Å². The number of carbonyl (C=O) groups excluding carboxylic acids is 1. The number of carbonyl (C=O) groups is 1. The van der Waals surface area contributed by atoms with E-state index in [2.05, 4.69) is 21.2 Å². The summed E-state index contributed by atoms with van der Waals surface area (Å²) in [5, 5.41) is 3.17. The van der Waals surface area contributed by atoms with Crippen LogP contribution in [0.25, 0.3) is 0 Å². The normalized spacial score (nSPS) is 19.0. The largest absolute Gasteiger partial charge is 0.331 e. The molecule has 6 nitrogen and oxygen atoms in total. The predicted molar refractivity (Wildman–Crippen MR) is 115 cm³/mol. The van der Waals surface area contributed by atoms with Gasteiger partial charge >= 0.3 is 6.03 Å². The molecule has 154 valence electrons. The number of halogens is 1. The zero-order valence-corrected chi connectivity index (χ0v) is 18.4. The van der Waals surface area contributed by atoms with Gasteiger partial charge in [0.05, 0.1) is 10.9 Å². The maximum atomic E-state index is 12.9. The van der Waals surface area contributed by atoms with Crippen molar-refractivity contribution in [2.75, 3.05) is 26.2 Å². The smallest absolute Gasteiger partial charge is 0.317 e. The molecule has 1 aliphatic heterocycles. The predicted octanol–water partition coefficient (Wildman–Crippen LogP) is 3.62. The maximum absolute atomic E-state index is 12.9. The molecule has 2 aromatic rings. The van der Waals surface area contributed by atoms with Crippen molar-refractivity contribution >= 4 is 32.0 Å². The van der Waals surface area contributed by atoms with Gasteiger partial charge in [-0.2, -0.15) is 4.31 Å². The van der Waals surface area contributed by atoms with Gasteiger partial charge in [-0.1, -0.05) is 52.3 Å². The molecule has 2 fully saturated rings. The molecule has 1 aliphatic carbocycles. The second-order valence-corrected chi connectivity index (χ2v) is 10.4. The summed E-state index contributed by atoms with van der Waals surface area (Å²) in [6.45, 7) is 1.35. The molecule has 1 saturated heterocycles. The van der Waals surface area contributed by atoms with Crippen LogP contribution >= 0.6 is 15.9 Å². The summed E-state index contributed by atoms with van der Waals surface area (Å²) in [4.78, 5) is 14.8. The fourth-order valence-electron chi connectivity index (χ4n) is 3.70. The van der Waals surface area contributed by atoms with Gasteiger partial charge in [0.15, 0.2) is 0 Å². The fourth-order valence-corrected chi connectivity index (χ4v) is 5.72. The minimum absolute atomic E-state index is 0.0205. The topological polar surface area (TPSA) is 69.7 Å². The van der Waals surface area contributed by atoms with Gasteiger partial charge in [-0.25, -0.2) is 13.2 Å². The van der Waals surface area contributed by atoms with Gasteiger partial charge in [0.2, 0.25) is 10.0 Å². The Morgan fingerprint density at radius 2 is 1.69 bits per heavy atom. The average molecular weight is 478 g/mol. The number of benzene rings is 2. The summed E-state index contributed by atoms with van der Waals surface area (Å²) in [5.41, 5.74) is 1.12. The summed E-state index contributed by atoms with van der Waals surface area (Å²) in [6.07, 6.45) is 2.25. The molecule has 8 heteroatoms. The molecular weight excluding hydrogens is 454 g/mol. The first kappa shape index (κ1) is 20.4. The Bertz CT molecular complexity index is 972. The lowest BCUT2D eigenvalue weighted by molar-refractivity contribution is 0.167. The summed E-state index contributed by atoms with van der Waals surface area (Å²) < 4.78 is 27.9. The van der Waals surface area contributed by atoms with E-state index >= 15 is 0 Å². The van der Waals surface area contributed by atoms with Crippen LogP contribution in [0.5, 0.6) is 0 Å². The van der Waals surface area contributed by atoms with Crippen LogP contribution in [0.2, 0.25) is 0 Å². The Labute approximate surface area is 180 Å². The Kier molecular flexibility index (Phi) is 5.94. The van der Waals surface area contributed by atoms with Crippen LogP contribution in [-0.2, 0) is 10.0 Å². The van der Waals surface area contributed by atoms with Crippen LogP contribution in [0, 0.1) is 5.92 Å². The van der Waals surface area contributed by atoms with Gasteiger partial charge in [0, 0.05) is 30.7 Å². The fraction of sp³-hybridized carbons (Fsp3) is 0.381. The standard InChI is InChI=1S/C21H24BrN3O3S/c22-18-7-4-8-19(15-18)29(27,28)25-13-11-24(12-14-25)21(26)23-20(17-9-10-17)16-5-2-1-3-6-16/h1-8,15,17,20H,9-14H2,(H,23,26)/t20-/m1/s1. The van der Waals surface area contributed by atoms with E-state index in [1.807, 2.05) is 30.3 Å². The van der Waals surface area contributed by atoms with Gasteiger partial charge in [-0.15, -0.1) is 0 Å². The van der Waals surface area contributed by atoms with Crippen LogP contribution < -0.4 is 5.32 Å². The van der Waals surface area contributed by atoms with Crippen molar-refractivity contribution < 1.29 is 13.2 Å². The number of hydrogen-bond donors (Lipinski definition) is 1. The number of urea groups is 1. The van der Waals surface area contributed by atoms with E-state index in [4.69, 9.17) is 0 Å². The minimum Gasteiger partial charge on any atom is -0.331 e.